The second kappa shape index (κ2) is 13.1. The molecule has 2 aliphatic rings. The molecule has 0 spiro atoms. The number of rotatable bonds is 11. The molecule has 43 heavy (non-hydrogen) atoms. The van der Waals surface area contributed by atoms with E-state index in [1.165, 1.54) is 28.8 Å². The number of carbonyl (C=O) groups is 3. The van der Waals surface area contributed by atoms with E-state index in [-0.39, 0.29) is 29.3 Å². The fourth-order valence-electron chi connectivity index (χ4n) is 5.48. The average molecular weight is 618 g/mol. The lowest BCUT2D eigenvalue weighted by atomic mass is 10.1. The van der Waals surface area contributed by atoms with E-state index in [2.05, 4.69) is 12.2 Å². The van der Waals surface area contributed by atoms with E-state index in [0.717, 1.165) is 31.0 Å². The van der Waals surface area contributed by atoms with Crippen molar-refractivity contribution in [3.8, 4) is 5.69 Å². The van der Waals surface area contributed by atoms with Crippen molar-refractivity contribution in [3.05, 3.63) is 81.1 Å². The van der Waals surface area contributed by atoms with Gasteiger partial charge in [-0.2, -0.15) is 0 Å². The molecule has 3 aromatic rings. The Bertz CT molecular complexity index is 1670. The number of carbonyl (C=O) groups excluding carboxylic acids is 3. The second-order valence-corrected chi connectivity index (χ2v) is 12.3. The molecule has 2 aromatic carbocycles. The van der Waals surface area contributed by atoms with E-state index in [0.29, 0.717) is 38.4 Å². The van der Waals surface area contributed by atoms with Gasteiger partial charge in [0, 0.05) is 19.2 Å². The summed E-state index contributed by atoms with van der Waals surface area (Å²) in [6, 6.07) is 16.3. The number of anilines is 2. The van der Waals surface area contributed by atoms with Crippen LogP contribution in [-0.2, 0) is 21.4 Å². The molecule has 224 valence electrons. The summed E-state index contributed by atoms with van der Waals surface area (Å²) in [5, 5.41) is 2.73. The number of benzene rings is 2. The Morgan fingerprint density at radius 1 is 0.884 bits per heavy atom. The van der Waals surface area contributed by atoms with E-state index < -0.39 is 11.8 Å². The fourth-order valence-corrected chi connectivity index (χ4v) is 6.86. The Morgan fingerprint density at radius 2 is 1.56 bits per heavy atom. The maximum atomic E-state index is 13.8. The highest BCUT2D eigenvalue weighted by atomic mass is 32.2. The molecular formula is C32H35N5O4S2. The Kier molecular flexibility index (Phi) is 9.31. The minimum Gasteiger partial charge on any atom is -0.318 e. The van der Waals surface area contributed by atoms with Crippen LogP contribution in [0.2, 0.25) is 0 Å². The molecule has 2 aliphatic heterocycles. The van der Waals surface area contributed by atoms with Crippen molar-refractivity contribution in [2.45, 2.75) is 52.4 Å². The Morgan fingerprint density at radius 3 is 2.30 bits per heavy atom. The lowest BCUT2D eigenvalue weighted by Gasteiger charge is -2.16. The van der Waals surface area contributed by atoms with Crippen LogP contribution >= 0.6 is 24.0 Å². The van der Waals surface area contributed by atoms with Gasteiger partial charge in [-0.25, -0.2) is 4.68 Å². The van der Waals surface area contributed by atoms with Gasteiger partial charge in [0.05, 0.1) is 27.5 Å². The molecule has 0 bridgehead atoms. The predicted molar refractivity (Wildman–Crippen MR) is 175 cm³/mol. The zero-order valence-corrected chi connectivity index (χ0v) is 26.2. The minimum atomic E-state index is -0.522. The van der Waals surface area contributed by atoms with Crippen LogP contribution in [0, 0.1) is 6.92 Å². The Balaban J connectivity index is 1.35. The summed E-state index contributed by atoms with van der Waals surface area (Å²) >= 11 is 6.68. The van der Waals surface area contributed by atoms with E-state index in [9.17, 15) is 19.2 Å². The predicted octanol–water partition coefficient (Wildman–Crippen LogP) is 5.40. The van der Waals surface area contributed by atoms with E-state index in [1.807, 2.05) is 30.3 Å². The summed E-state index contributed by atoms with van der Waals surface area (Å²) < 4.78 is 3.60. The number of nitrogens with one attached hydrogen (secondary N) is 1. The number of hydrogen-bond acceptors (Lipinski definition) is 6. The number of para-hydroxylation sites is 2. The van der Waals surface area contributed by atoms with E-state index in [1.54, 1.807) is 47.8 Å². The average Bonchev–Trinajstić information content (AvgIpc) is 3.52. The maximum Gasteiger partial charge on any atom is 0.295 e. The lowest BCUT2D eigenvalue weighted by Crippen LogP contribution is -2.36. The van der Waals surface area contributed by atoms with Gasteiger partial charge >= 0.3 is 0 Å². The summed E-state index contributed by atoms with van der Waals surface area (Å²) in [4.78, 5) is 57.2. The molecule has 3 amide bonds. The Labute approximate surface area is 260 Å². The van der Waals surface area contributed by atoms with Gasteiger partial charge in [0.25, 0.3) is 17.4 Å². The first-order chi connectivity index (χ1) is 20.7. The van der Waals surface area contributed by atoms with Gasteiger partial charge in [-0.15, -0.1) is 0 Å². The zero-order valence-electron chi connectivity index (χ0n) is 24.6. The van der Waals surface area contributed by atoms with Crippen LogP contribution < -0.4 is 15.8 Å². The molecule has 11 heteroatoms. The van der Waals surface area contributed by atoms with Crippen molar-refractivity contribution in [1.82, 2.24) is 14.3 Å². The molecule has 0 atom stereocenters. The standard InChI is InChI=1S/C32H35N5O4S2/c1-4-5-6-7-8-14-19-35-31(41)28(43-32(35)42)26-23-17-12-13-18-24(23)36(29(26)39)20-25(38)33-27-21(2)34(3)37(30(27)40)22-15-10-9-11-16-22/h9-13,15-18H,4-8,14,19-20H2,1-3H3,(H,33,38). The number of amides is 3. The molecule has 5 rings (SSSR count). The van der Waals surface area contributed by atoms with Gasteiger partial charge < -0.3 is 5.32 Å². The third-order valence-corrected chi connectivity index (χ3v) is 9.30. The highest BCUT2D eigenvalue weighted by molar-refractivity contribution is 8.26. The summed E-state index contributed by atoms with van der Waals surface area (Å²) in [5.41, 5.74) is 2.39. The number of nitrogens with zero attached hydrogens (tertiary/aromatic N) is 4. The van der Waals surface area contributed by atoms with Gasteiger partial charge in [-0.3, -0.25) is 33.7 Å². The molecule has 1 saturated heterocycles. The molecule has 1 aromatic heterocycles. The van der Waals surface area contributed by atoms with Gasteiger partial charge in [0.2, 0.25) is 5.91 Å². The molecule has 0 aliphatic carbocycles. The highest BCUT2D eigenvalue weighted by Gasteiger charge is 2.42. The number of thiocarbonyl (C=S) groups is 1. The lowest BCUT2D eigenvalue weighted by molar-refractivity contribution is -0.122. The van der Waals surface area contributed by atoms with Gasteiger partial charge in [-0.05, 0) is 31.5 Å². The normalized spacial score (nSPS) is 16.4. The largest absolute Gasteiger partial charge is 0.318 e. The van der Waals surface area contributed by atoms with Crippen LogP contribution in [0.25, 0.3) is 11.3 Å². The minimum absolute atomic E-state index is 0.145. The molecule has 0 saturated carbocycles. The summed E-state index contributed by atoms with van der Waals surface area (Å²) in [6.45, 7) is 4.12. The van der Waals surface area contributed by atoms with E-state index in [4.69, 9.17) is 12.2 Å². The third kappa shape index (κ3) is 5.96. The molecular weight excluding hydrogens is 583 g/mol. The van der Waals surface area contributed by atoms with Gasteiger partial charge in [0.15, 0.2) is 0 Å². The molecule has 0 radical (unpaired) electrons. The van der Waals surface area contributed by atoms with Crippen molar-refractivity contribution in [2.24, 2.45) is 7.05 Å². The topological polar surface area (TPSA) is 96.7 Å². The quantitative estimate of drug-likeness (QED) is 0.176. The van der Waals surface area contributed by atoms with Crippen molar-refractivity contribution in [3.63, 3.8) is 0 Å². The van der Waals surface area contributed by atoms with Crippen LogP contribution in [0.4, 0.5) is 11.4 Å². The number of aromatic nitrogens is 2. The second-order valence-electron chi connectivity index (χ2n) is 10.7. The van der Waals surface area contributed by atoms with Crippen molar-refractivity contribution >= 4 is 63.0 Å². The smallest absolute Gasteiger partial charge is 0.295 e. The van der Waals surface area contributed by atoms with Gasteiger partial charge in [-0.1, -0.05) is 99.4 Å². The van der Waals surface area contributed by atoms with Crippen LogP contribution in [0.3, 0.4) is 0 Å². The highest BCUT2D eigenvalue weighted by Crippen LogP contribution is 2.44. The maximum absolute atomic E-state index is 13.8. The number of thioether (sulfide) groups is 1. The van der Waals surface area contributed by atoms with Gasteiger partial charge in [0.1, 0.15) is 16.6 Å². The fraction of sp³-hybridized carbons (Fsp3) is 0.344. The van der Waals surface area contributed by atoms with Crippen LogP contribution in [0.5, 0.6) is 0 Å². The summed E-state index contributed by atoms with van der Waals surface area (Å²) in [6.07, 6.45) is 6.55. The molecule has 1 fully saturated rings. The summed E-state index contributed by atoms with van der Waals surface area (Å²) in [7, 11) is 1.74. The Hall–Kier alpha value is -3.96. The summed E-state index contributed by atoms with van der Waals surface area (Å²) in [5.74, 6) is -1.23. The first kappa shape index (κ1) is 30.5. The number of unbranched alkanes of at least 4 members (excludes halogenated alkanes) is 5. The third-order valence-electron chi connectivity index (χ3n) is 7.86. The van der Waals surface area contributed by atoms with Crippen LogP contribution in [-0.4, -0.2) is 49.4 Å². The molecule has 1 N–H and O–H groups in total. The zero-order chi connectivity index (χ0) is 30.7. The molecule has 0 unspecified atom stereocenters. The number of hydrogen-bond donors (Lipinski definition) is 1. The monoisotopic (exact) mass is 617 g/mol. The van der Waals surface area contributed by atoms with Crippen molar-refractivity contribution < 1.29 is 14.4 Å². The molecule has 9 nitrogen and oxygen atoms in total. The first-order valence-corrected chi connectivity index (χ1v) is 15.8. The first-order valence-electron chi connectivity index (χ1n) is 14.6. The van der Waals surface area contributed by atoms with Crippen molar-refractivity contribution in [1.29, 1.82) is 0 Å². The van der Waals surface area contributed by atoms with Crippen LogP contribution in [0.1, 0.15) is 56.7 Å². The SMILES string of the molecule is CCCCCCCCN1C(=O)C(=C2C(=O)N(CC(=O)Nc3c(C)n(C)n(-c4ccccc4)c3=O)c3ccccc32)SC1=S. The van der Waals surface area contributed by atoms with E-state index >= 15 is 0 Å². The van der Waals surface area contributed by atoms with Crippen molar-refractivity contribution in [2.75, 3.05) is 23.3 Å². The molecule has 3 heterocycles. The van der Waals surface area contributed by atoms with Crippen LogP contribution in [0.15, 0.2) is 64.3 Å². The number of fused-ring (bicyclic) bond motifs is 1.